The summed E-state index contributed by atoms with van der Waals surface area (Å²) in [6, 6.07) is 0. The maximum absolute atomic E-state index is 12.7. The fraction of sp³-hybridized carbons (Fsp3) is 0.978. The third-order valence-electron chi connectivity index (χ3n) is 10.4. The molecule has 0 radical (unpaired) electrons. The van der Waals surface area contributed by atoms with E-state index in [0.29, 0.717) is 24.1 Å². The Bertz CT molecular complexity index is 837. The molecule has 0 bridgehead atoms. The molecule has 0 amide bonds. The summed E-state index contributed by atoms with van der Waals surface area (Å²) in [6.07, 6.45) is 41.4. The number of carbonyl (C=O) groups is 1. The molecule has 0 aliphatic heterocycles. The number of hydrogen-bond acceptors (Lipinski definition) is 6. The van der Waals surface area contributed by atoms with Crippen LogP contribution in [0.25, 0.3) is 0 Å². The van der Waals surface area contributed by atoms with E-state index in [0.717, 1.165) is 32.1 Å². The highest BCUT2D eigenvalue weighted by Gasteiger charge is 2.26. The first-order valence-electron chi connectivity index (χ1n) is 23.3. The molecule has 9 heteroatoms. The Morgan fingerprint density at radius 3 is 1.22 bits per heavy atom. The topological polar surface area (TPSA) is 91.3 Å². The highest BCUT2D eigenvalue weighted by Crippen LogP contribution is 2.43. The molecule has 0 aliphatic rings. The van der Waals surface area contributed by atoms with Gasteiger partial charge in [0.25, 0.3) is 0 Å². The van der Waals surface area contributed by atoms with Crippen molar-refractivity contribution in [1.82, 2.24) is 0 Å². The van der Waals surface area contributed by atoms with Gasteiger partial charge in [0.1, 0.15) is 19.3 Å². The average Bonchev–Trinajstić information content (AvgIpc) is 3.12. The lowest BCUT2D eigenvalue weighted by atomic mass is 10.0. The summed E-state index contributed by atoms with van der Waals surface area (Å²) in [6.45, 7) is 5.68. The molecule has 324 valence electrons. The van der Waals surface area contributed by atoms with Crippen LogP contribution >= 0.6 is 7.82 Å². The largest absolute Gasteiger partial charge is 0.472 e. The zero-order valence-corrected chi connectivity index (χ0v) is 37.6. The van der Waals surface area contributed by atoms with Crippen LogP contribution in [0, 0.1) is 0 Å². The Balaban J connectivity index is 4.09. The molecule has 0 aliphatic carbocycles. The van der Waals surface area contributed by atoms with Crippen LogP contribution in [0.1, 0.15) is 226 Å². The van der Waals surface area contributed by atoms with Crippen molar-refractivity contribution < 1.29 is 37.3 Å². The van der Waals surface area contributed by atoms with E-state index in [9.17, 15) is 14.3 Å². The maximum atomic E-state index is 12.7. The molecule has 0 saturated heterocycles. The maximum Gasteiger partial charge on any atom is 0.472 e. The van der Waals surface area contributed by atoms with Crippen molar-refractivity contribution in [3.63, 3.8) is 0 Å². The molecule has 0 spiro atoms. The number of unbranched alkanes of at least 4 members (excludes halogenated alkanes) is 30. The molecule has 0 saturated carbocycles. The van der Waals surface area contributed by atoms with Gasteiger partial charge in [0, 0.05) is 13.0 Å². The lowest BCUT2D eigenvalue weighted by Gasteiger charge is -2.24. The van der Waals surface area contributed by atoms with Crippen LogP contribution in [0.5, 0.6) is 0 Å². The van der Waals surface area contributed by atoms with Crippen LogP contribution in [0.15, 0.2) is 0 Å². The van der Waals surface area contributed by atoms with Crippen molar-refractivity contribution in [3.05, 3.63) is 0 Å². The number of carbonyl (C=O) groups excluding carboxylic acids is 1. The SMILES string of the molecule is CCCCCCCCCCCCCCCCCCCCCCOC[C@H](COP(=O)(O)OCC[N+](C)(C)C)OC(=O)CCCCCCCCCCCCCC. The molecule has 1 N–H and O–H groups in total. The fourth-order valence-corrected chi connectivity index (χ4v) is 7.53. The number of phosphoric acid groups is 1. The average molecular weight is 791 g/mol. The Kier molecular flexibility index (Phi) is 39.0. The highest BCUT2D eigenvalue weighted by atomic mass is 31.2. The molecule has 2 atom stereocenters. The number of likely N-dealkylation sites (N-methyl/N-ethyl adjacent to an activating group) is 1. The van der Waals surface area contributed by atoms with Crippen molar-refractivity contribution >= 4 is 13.8 Å². The molecule has 8 nitrogen and oxygen atoms in total. The van der Waals surface area contributed by atoms with E-state index in [1.54, 1.807) is 0 Å². The molecule has 0 aromatic heterocycles. The van der Waals surface area contributed by atoms with Gasteiger partial charge >= 0.3 is 13.8 Å². The van der Waals surface area contributed by atoms with E-state index in [4.69, 9.17) is 18.5 Å². The number of quaternary nitrogens is 1. The molecule has 0 aromatic carbocycles. The smallest absolute Gasteiger partial charge is 0.457 e. The first-order chi connectivity index (χ1) is 26.1. The van der Waals surface area contributed by atoms with Crippen LogP contribution in [-0.4, -0.2) is 75.6 Å². The minimum absolute atomic E-state index is 0.0939. The number of hydrogen-bond donors (Lipinski definition) is 1. The monoisotopic (exact) mass is 791 g/mol. The summed E-state index contributed by atoms with van der Waals surface area (Å²) in [5.41, 5.74) is 0. The van der Waals surface area contributed by atoms with E-state index in [2.05, 4.69) is 13.8 Å². The summed E-state index contributed by atoms with van der Waals surface area (Å²) in [5, 5.41) is 0. The normalized spacial score (nSPS) is 13.7. The molecule has 0 aromatic rings. The van der Waals surface area contributed by atoms with Gasteiger partial charge in [0.05, 0.1) is 34.4 Å². The van der Waals surface area contributed by atoms with Crippen LogP contribution < -0.4 is 0 Å². The van der Waals surface area contributed by atoms with E-state index in [1.807, 2.05) is 21.1 Å². The second-order valence-electron chi connectivity index (χ2n) is 17.2. The number of rotatable bonds is 44. The lowest BCUT2D eigenvalue weighted by Crippen LogP contribution is -2.37. The molecule has 1 unspecified atom stereocenters. The number of esters is 1. The lowest BCUT2D eigenvalue weighted by molar-refractivity contribution is -0.870. The highest BCUT2D eigenvalue weighted by molar-refractivity contribution is 7.47. The summed E-state index contributed by atoms with van der Waals surface area (Å²) in [4.78, 5) is 22.9. The van der Waals surface area contributed by atoms with Crippen LogP contribution in [0.3, 0.4) is 0 Å². The van der Waals surface area contributed by atoms with Crippen LogP contribution in [0.4, 0.5) is 0 Å². The summed E-state index contributed by atoms with van der Waals surface area (Å²) in [5.74, 6) is -0.309. The van der Waals surface area contributed by atoms with Crippen molar-refractivity contribution in [2.75, 3.05) is 54.1 Å². The van der Waals surface area contributed by atoms with Gasteiger partial charge in [-0.1, -0.05) is 206 Å². The first-order valence-corrected chi connectivity index (χ1v) is 24.8. The van der Waals surface area contributed by atoms with E-state index in [-0.39, 0.29) is 25.8 Å². The zero-order chi connectivity index (χ0) is 39.9. The number of phosphoric ester groups is 1. The van der Waals surface area contributed by atoms with Gasteiger partial charge in [0.15, 0.2) is 0 Å². The fourth-order valence-electron chi connectivity index (χ4n) is 6.79. The van der Waals surface area contributed by atoms with Crippen LogP contribution in [0.2, 0.25) is 0 Å². The molecule has 0 fully saturated rings. The number of ether oxygens (including phenoxy) is 2. The van der Waals surface area contributed by atoms with Gasteiger partial charge in [-0.05, 0) is 12.8 Å². The van der Waals surface area contributed by atoms with Gasteiger partial charge < -0.3 is 18.9 Å². The molecule has 54 heavy (non-hydrogen) atoms. The minimum Gasteiger partial charge on any atom is -0.457 e. The van der Waals surface area contributed by atoms with Gasteiger partial charge in [-0.25, -0.2) is 4.57 Å². The van der Waals surface area contributed by atoms with E-state index < -0.39 is 13.9 Å². The molecular weight excluding hydrogens is 697 g/mol. The Labute approximate surface area is 336 Å². The second-order valence-corrected chi connectivity index (χ2v) is 18.6. The van der Waals surface area contributed by atoms with E-state index in [1.165, 1.54) is 173 Å². The van der Waals surface area contributed by atoms with Gasteiger partial charge in [-0.3, -0.25) is 13.8 Å². The van der Waals surface area contributed by atoms with E-state index >= 15 is 0 Å². The van der Waals surface area contributed by atoms with Gasteiger partial charge in [-0.2, -0.15) is 0 Å². The quantitative estimate of drug-likeness (QED) is 0.0284. The Hall–Kier alpha value is -0.500. The molecular formula is C45H93NO7P+. The van der Waals surface area contributed by atoms with Crippen molar-refractivity contribution in [2.24, 2.45) is 0 Å². The summed E-state index contributed by atoms with van der Waals surface area (Å²) >= 11 is 0. The van der Waals surface area contributed by atoms with Crippen molar-refractivity contribution in [2.45, 2.75) is 232 Å². The van der Waals surface area contributed by atoms with Gasteiger partial charge in [-0.15, -0.1) is 0 Å². The van der Waals surface area contributed by atoms with Crippen molar-refractivity contribution in [3.8, 4) is 0 Å². The van der Waals surface area contributed by atoms with Gasteiger partial charge in [0.2, 0.25) is 0 Å². The zero-order valence-electron chi connectivity index (χ0n) is 36.7. The predicted molar refractivity (Wildman–Crippen MR) is 229 cm³/mol. The standard InChI is InChI=1S/C45H92NO7P/c1-6-8-10-12-14-16-18-20-21-22-23-24-25-26-27-29-31-33-35-37-40-50-42-44(43-52-54(48,49)51-41-39-46(3,4)5)53-45(47)38-36-34-32-30-28-19-17-15-13-11-9-7-2/h44H,6-43H2,1-5H3/p+1/t44-/m1/s1. The third-order valence-corrected chi connectivity index (χ3v) is 11.4. The summed E-state index contributed by atoms with van der Waals surface area (Å²) in [7, 11) is 1.69. The first kappa shape index (κ1) is 53.5. The summed E-state index contributed by atoms with van der Waals surface area (Å²) < 4.78 is 35.0. The molecule has 0 rings (SSSR count). The molecule has 0 heterocycles. The Morgan fingerprint density at radius 2 is 0.852 bits per heavy atom. The minimum atomic E-state index is -4.26. The number of nitrogens with zero attached hydrogens (tertiary/aromatic N) is 1. The predicted octanol–water partition coefficient (Wildman–Crippen LogP) is 13.7. The van der Waals surface area contributed by atoms with Crippen molar-refractivity contribution in [1.29, 1.82) is 0 Å². The Morgan fingerprint density at radius 1 is 0.500 bits per heavy atom. The third kappa shape index (κ3) is 42.6. The van der Waals surface area contributed by atoms with Crippen LogP contribution in [-0.2, 0) is 27.9 Å². The second kappa shape index (κ2) is 39.3.